The number of hydrogen-bond acceptors (Lipinski definition) is 3. The summed E-state index contributed by atoms with van der Waals surface area (Å²) in [6.07, 6.45) is 5.27. The lowest BCUT2D eigenvalue weighted by atomic mass is 10.0. The molecule has 0 saturated carbocycles. The third-order valence-corrected chi connectivity index (χ3v) is 4.49. The van der Waals surface area contributed by atoms with Crippen LogP contribution in [0.2, 0.25) is 0 Å². The Labute approximate surface area is 124 Å². The number of methoxy groups -OCH3 is 1. The number of likely N-dealkylation sites (tertiary alicyclic amines) is 1. The van der Waals surface area contributed by atoms with Gasteiger partial charge in [-0.05, 0) is 59.6 Å². The number of ether oxygens (including phenoxy) is 1. The van der Waals surface area contributed by atoms with E-state index in [0.717, 1.165) is 23.3 Å². The molecule has 1 unspecified atom stereocenters. The molecular formula is C15H23BrN2O. The van der Waals surface area contributed by atoms with E-state index in [-0.39, 0.29) is 0 Å². The second kappa shape index (κ2) is 7.27. The van der Waals surface area contributed by atoms with Crippen molar-refractivity contribution in [3.8, 4) is 5.75 Å². The molecule has 4 heteroatoms. The summed E-state index contributed by atoms with van der Waals surface area (Å²) in [6, 6.07) is 6.60. The molecule has 0 aliphatic carbocycles. The highest BCUT2D eigenvalue weighted by atomic mass is 79.9. The van der Waals surface area contributed by atoms with E-state index in [0.29, 0.717) is 12.6 Å². The number of benzene rings is 1. The van der Waals surface area contributed by atoms with Crippen LogP contribution in [0.3, 0.4) is 0 Å². The second-order valence-corrected chi connectivity index (χ2v) is 5.95. The molecule has 1 fully saturated rings. The van der Waals surface area contributed by atoms with Gasteiger partial charge in [-0.1, -0.05) is 18.9 Å². The van der Waals surface area contributed by atoms with Crippen LogP contribution in [-0.4, -0.2) is 31.6 Å². The molecule has 1 aliphatic rings. The molecule has 1 heterocycles. The minimum Gasteiger partial charge on any atom is -0.496 e. The summed E-state index contributed by atoms with van der Waals surface area (Å²) >= 11 is 3.56. The van der Waals surface area contributed by atoms with Crippen molar-refractivity contribution in [3.63, 3.8) is 0 Å². The van der Waals surface area contributed by atoms with Gasteiger partial charge in [0, 0.05) is 12.6 Å². The average molecular weight is 327 g/mol. The van der Waals surface area contributed by atoms with E-state index in [1.807, 2.05) is 6.07 Å². The van der Waals surface area contributed by atoms with Crippen LogP contribution >= 0.6 is 15.9 Å². The fourth-order valence-electron chi connectivity index (χ4n) is 2.79. The quantitative estimate of drug-likeness (QED) is 0.922. The van der Waals surface area contributed by atoms with Crippen LogP contribution in [0, 0.1) is 0 Å². The maximum atomic E-state index is 6.02. The Morgan fingerprint density at radius 1 is 1.26 bits per heavy atom. The summed E-state index contributed by atoms with van der Waals surface area (Å²) < 4.78 is 6.29. The van der Waals surface area contributed by atoms with Crippen molar-refractivity contribution in [1.29, 1.82) is 0 Å². The molecule has 1 aromatic carbocycles. The van der Waals surface area contributed by atoms with Crippen molar-refractivity contribution in [2.45, 2.75) is 31.7 Å². The largest absolute Gasteiger partial charge is 0.496 e. The highest BCUT2D eigenvalue weighted by Crippen LogP contribution is 2.30. The van der Waals surface area contributed by atoms with Crippen molar-refractivity contribution in [3.05, 3.63) is 28.2 Å². The Bertz CT molecular complexity index is 403. The molecule has 1 saturated heterocycles. The normalized spacial score (nSPS) is 18.9. The van der Waals surface area contributed by atoms with Crippen molar-refractivity contribution in [2.24, 2.45) is 5.73 Å². The molecule has 106 valence electrons. The van der Waals surface area contributed by atoms with Gasteiger partial charge in [0.25, 0.3) is 0 Å². The Morgan fingerprint density at radius 3 is 2.47 bits per heavy atom. The van der Waals surface area contributed by atoms with E-state index in [1.165, 1.54) is 31.2 Å². The number of halogens is 1. The highest BCUT2D eigenvalue weighted by molar-refractivity contribution is 9.10. The van der Waals surface area contributed by atoms with Crippen LogP contribution in [0.5, 0.6) is 5.75 Å². The first kappa shape index (κ1) is 14.8. The van der Waals surface area contributed by atoms with Crippen LogP contribution in [0.15, 0.2) is 22.7 Å². The van der Waals surface area contributed by atoms with E-state index < -0.39 is 0 Å². The van der Waals surface area contributed by atoms with E-state index >= 15 is 0 Å². The smallest absolute Gasteiger partial charge is 0.133 e. The van der Waals surface area contributed by atoms with Gasteiger partial charge in [0.2, 0.25) is 0 Å². The van der Waals surface area contributed by atoms with E-state index in [1.54, 1.807) is 7.11 Å². The first-order chi connectivity index (χ1) is 9.26. The first-order valence-electron chi connectivity index (χ1n) is 7.04. The minimum absolute atomic E-state index is 0.320. The van der Waals surface area contributed by atoms with Gasteiger partial charge in [-0.2, -0.15) is 0 Å². The van der Waals surface area contributed by atoms with Crippen LogP contribution in [0.25, 0.3) is 0 Å². The summed E-state index contributed by atoms with van der Waals surface area (Å²) in [5.74, 6) is 0.871. The molecule has 19 heavy (non-hydrogen) atoms. The average Bonchev–Trinajstić information content (AvgIpc) is 2.69. The van der Waals surface area contributed by atoms with E-state index in [2.05, 4.69) is 33.0 Å². The molecule has 0 spiro atoms. The first-order valence-corrected chi connectivity index (χ1v) is 7.83. The molecule has 2 rings (SSSR count). The minimum atomic E-state index is 0.320. The van der Waals surface area contributed by atoms with Gasteiger partial charge in [-0.15, -0.1) is 0 Å². The predicted octanol–water partition coefficient (Wildman–Crippen LogP) is 3.33. The van der Waals surface area contributed by atoms with Crippen LogP contribution < -0.4 is 10.5 Å². The number of nitrogens with two attached hydrogens (primary N) is 1. The van der Waals surface area contributed by atoms with Crippen LogP contribution in [0.1, 0.15) is 37.3 Å². The Balaban J connectivity index is 2.18. The number of rotatable bonds is 4. The predicted molar refractivity (Wildman–Crippen MR) is 82.5 cm³/mol. The maximum absolute atomic E-state index is 6.02. The number of hydrogen-bond donors (Lipinski definition) is 1. The molecule has 0 bridgehead atoms. The third-order valence-electron chi connectivity index (χ3n) is 3.87. The van der Waals surface area contributed by atoms with E-state index in [9.17, 15) is 0 Å². The van der Waals surface area contributed by atoms with Gasteiger partial charge in [0.05, 0.1) is 11.6 Å². The maximum Gasteiger partial charge on any atom is 0.133 e. The van der Waals surface area contributed by atoms with Gasteiger partial charge in [0.15, 0.2) is 0 Å². The molecule has 1 aromatic rings. The van der Waals surface area contributed by atoms with Crippen LogP contribution in [0.4, 0.5) is 0 Å². The molecular weight excluding hydrogens is 304 g/mol. The Kier molecular flexibility index (Phi) is 5.67. The lowest BCUT2D eigenvalue weighted by molar-refractivity contribution is 0.209. The van der Waals surface area contributed by atoms with Gasteiger partial charge >= 0.3 is 0 Å². The lowest BCUT2D eigenvalue weighted by Gasteiger charge is -2.30. The van der Waals surface area contributed by atoms with Crippen molar-refractivity contribution >= 4 is 15.9 Å². The molecule has 2 N–H and O–H groups in total. The molecule has 3 nitrogen and oxygen atoms in total. The molecule has 0 amide bonds. The highest BCUT2D eigenvalue weighted by Gasteiger charge is 2.20. The standard InChI is InChI=1S/C15H23BrN2O/c1-19-15-7-6-12(10-13(15)16)14(11-17)18-8-4-2-3-5-9-18/h6-7,10,14H,2-5,8-9,11,17H2,1H3. The molecule has 1 atom stereocenters. The second-order valence-electron chi connectivity index (χ2n) is 5.10. The zero-order valence-corrected chi connectivity index (χ0v) is 13.2. The van der Waals surface area contributed by atoms with Gasteiger partial charge < -0.3 is 10.5 Å². The molecule has 0 aromatic heterocycles. The molecule has 1 aliphatic heterocycles. The van der Waals surface area contributed by atoms with Gasteiger partial charge in [-0.3, -0.25) is 4.90 Å². The fraction of sp³-hybridized carbons (Fsp3) is 0.600. The lowest BCUT2D eigenvalue weighted by Crippen LogP contribution is -2.34. The summed E-state index contributed by atoms with van der Waals surface area (Å²) in [4.78, 5) is 2.53. The zero-order valence-electron chi connectivity index (χ0n) is 11.6. The monoisotopic (exact) mass is 326 g/mol. The zero-order chi connectivity index (χ0) is 13.7. The van der Waals surface area contributed by atoms with Gasteiger partial charge in [0.1, 0.15) is 5.75 Å². The SMILES string of the molecule is COc1ccc(C(CN)N2CCCCCC2)cc1Br. The Hall–Kier alpha value is -0.580. The summed E-state index contributed by atoms with van der Waals surface area (Å²) in [7, 11) is 1.69. The van der Waals surface area contributed by atoms with Gasteiger partial charge in [-0.25, -0.2) is 0 Å². The number of nitrogens with zero attached hydrogens (tertiary/aromatic N) is 1. The van der Waals surface area contributed by atoms with Crippen molar-refractivity contribution < 1.29 is 4.74 Å². The third kappa shape index (κ3) is 3.71. The van der Waals surface area contributed by atoms with E-state index in [4.69, 9.17) is 10.5 Å². The topological polar surface area (TPSA) is 38.5 Å². The fourth-order valence-corrected chi connectivity index (χ4v) is 3.35. The van der Waals surface area contributed by atoms with Crippen molar-refractivity contribution in [1.82, 2.24) is 4.90 Å². The Morgan fingerprint density at radius 2 is 1.95 bits per heavy atom. The van der Waals surface area contributed by atoms with Crippen molar-refractivity contribution in [2.75, 3.05) is 26.7 Å². The summed E-state index contributed by atoms with van der Waals surface area (Å²) in [6.45, 7) is 2.98. The molecule has 0 radical (unpaired) electrons. The summed E-state index contributed by atoms with van der Waals surface area (Å²) in [5.41, 5.74) is 7.29. The van der Waals surface area contributed by atoms with Crippen LogP contribution in [-0.2, 0) is 0 Å². The summed E-state index contributed by atoms with van der Waals surface area (Å²) in [5, 5.41) is 0.